The Morgan fingerprint density at radius 3 is 2.79 bits per heavy atom. The van der Waals surface area contributed by atoms with Gasteiger partial charge in [0.2, 0.25) is 0 Å². The van der Waals surface area contributed by atoms with Gasteiger partial charge in [-0.15, -0.1) is 0 Å². The fourth-order valence-corrected chi connectivity index (χ4v) is 3.09. The first-order valence-electron chi connectivity index (χ1n) is 8.23. The van der Waals surface area contributed by atoms with Crippen molar-refractivity contribution in [1.82, 2.24) is 10.6 Å². The summed E-state index contributed by atoms with van der Waals surface area (Å²) in [6, 6.07) is 6.70. The second-order valence-corrected chi connectivity index (χ2v) is 6.74. The molecule has 24 heavy (non-hydrogen) atoms. The van der Waals surface area contributed by atoms with Crippen LogP contribution in [-0.2, 0) is 9.53 Å². The standard InChI is InChI=1S/C18H23BrN2O3/c1-3-4-5-6-10-24-17(22)15-12(2)20-18(23)21-16(15)13-8-7-9-14(19)11-13/h7-9,11,16H,3-6,10H2,1-2H3,(H2,20,21,23)/t16-/m0/s1. The summed E-state index contributed by atoms with van der Waals surface area (Å²) in [4.78, 5) is 24.4. The number of nitrogens with one attached hydrogen (secondary N) is 2. The number of rotatable bonds is 7. The van der Waals surface area contributed by atoms with Crippen LogP contribution < -0.4 is 10.6 Å². The van der Waals surface area contributed by atoms with E-state index in [4.69, 9.17) is 4.74 Å². The zero-order valence-electron chi connectivity index (χ0n) is 14.0. The zero-order chi connectivity index (χ0) is 17.5. The molecule has 0 fully saturated rings. The highest BCUT2D eigenvalue weighted by Gasteiger charge is 2.32. The van der Waals surface area contributed by atoms with E-state index < -0.39 is 6.04 Å². The number of allylic oxidation sites excluding steroid dienone is 1. The molecule has 2 rings (SSSR count). The van der Waals surface area contributed by atoms with E-state index in [2.05, 4.69) is 33.5 Å². The number of benzene rings is 1. The molecule has 2 N–H and O–H groups in total. The number of amides is 2. The van der Waals surface area contributed by atoms with Crippen LogP contribution in [0, 0.1) is 0 Å². The first-order valence-corrected chi connectivity index (χ1v) is 9.03. The summed E-state index contributed by atoms with van der Waals surface area (Å²) in [5.74, 6) is -0.388. The topological polar surface area (TPSA) is 67.4 Å². The number of halogens is 1. The van der Waals surface area contributed by atoms with Gasteiger partial charge in [-0.25, -0.2) is 9.59 Å². The van der Waals surface area contributed by atoms with Crippen molar-refractivity contribution in [1.29, 1.82) is 0 Å². The van der Waals surface area contributed by atoms with Gasteiger partial charge in [-0.3, -0.25) is 0 Å². The monoisotopic (exact) mass is 394 g/mol. The van der Waals surface area contributed by atoms with E-state index >= 15 is 0 Å². The molecule has 0 bridgehead atoms. The maximum absolute atomic E-state index is 12.5. The number of ether oxygens (including phenoxy) is 1. The first-order chi connectivity index (χ1) is 11.5. The van der Waals surface area contributed by atoms with E-state index in [0.29, 0.717) is 17.9 Å². The third kappa shape index (κ3) is 4.84. The molecule has 0 radical (unpaired) electrons. The lowest BCUT2D eigenvalue weighted by atomic mass is 9.96. The number of carbonyl (C=O) groups is 2. The van der Waals surface area contributed by atoms with Crippen LogP contribution in [0.25, 0.3) is 0 Å². The van der Waals surface area contributed by atoms with Crippen molar-refractivity contribution in [3.05, 3.63) is 45.6 Å². The molecule has 1 atom stereocenters. The smallest absolute Gasteiger partial charge is 0.338 e. The van der Waals surface area contributed by atoms with Gasteiger partial charge in [0.1, 0.15) is 0 Å². The van der Waals surface area contributed by atoms with Gasteiger partial charge in [-0.1, -0.05) is 54.2 Å². The summed E-state index contributed by atoms with van der Waals surface area (Å²) in [6.07, 6.45) is 4.18. The number of urea groups is 1. The molecule has 1 aliphatic rings. The van der Waals surface area contributed by atoms with E-state index in [-0.39, 0.29) is 12.0 Å². The van der Waals surface area contributed by atoms with Crippen LogP contribution in [-0.4, -0.2) is 18.6 Å². The normalized spacial score (nSPS) is 17.3. The summed E-state index contributed by atoms with van der Waals surface area (Å²) in [5.41, 5.74) is 1.81. The number of hydrogen-bond donors (Lipinski definition) is 2. The summed E-state index contributed by atoms with van der Waals surface area (Å²) in [6.45, 7) is 4.26. The van der Waals surface area contributed by atoms with Crippen molar-refractivity contribution in [2.75, 3.05) is 6.61 Å². The minimum atomic E-state index is -0.514. The minimum Gasteiger partial charge on any atom is -0.462 e. The Hall–Kier alpha value is -1.82. The van der Waals surface area contributed by atoms with Crippen LogP contribution in [0.15, 0.2) is 40.0 Å². The number of unbranched alkanes of at least 4 members (excludes halogenated alkanes) is 3. The van der Waals surface area contributed by atoms with Crippen LogP contribution in [0.2, 0.25) is 0 Å². The molecular weight excluding hydrogens is 372 g/mol. The van der Waals surface area contributed by atoms with Gasteiger partial charge in [-0.2, -0.15) is 0 Å². The van der Waals surface area contributed by atoms with Crippen molar-refractivity contribution in [3.8, 4) is 0 Å². The molecule has 0 aliphatic carbocycles. The van der Waals surface area contributed by atoms with Gasteiger partial charge in [0.25, 0.3) is 0 Å². The molecule has 0 unspecified atom stereocenters. The summed E-state index contributed by atoms with van der Waals surface area (Å²) < 4.78 is 6.30. The molecule has 0 saturated carbocycles. The largest absolute Gasteiger partial charge is 0.462 e. The molecule has 6 heteroatoms. The van der Waals surface area contributed by atoms with Gasteiger partial charge in [-0.05, 0) is 31.0 Å². The van der Waals surface area contributed by atoms with E-state index in [0.717, 1.165) is 35.7 Å². The van der Waals surface area contributed by atoms with Gasteiger partial charge >= 0.3 is 12.0 Å². The lowest BCUT2D eigenvalue weighted by Crippen LogP contribution is -2.45. The number of hydrogen-bond acceptors (Lipinski definition) is 3. The maximum Gasteiger partial charge on any atom is 0.338 e. The van der Waals surface area contributed by atoms with Crippen molar-refractivity contribution < 1.29 is 14.3 Å². The summed E-state index contributed by atoms with van der Waals surface area (Å²) in [7, 11) is 0. The summed E-state index contributed by atoms with van der Waals surface area (Å²) >= 11 is 3.42. The third-order valence-corrected chi connectivity index (χ3v) is 4.40. The highest BCUT2D eigenvalue weighted by molar-refractivity contribution is 9.10. The molecule has 1 heterocycles. The Morgan fingerprint density at radius 2 is 2.08 bits per heavy atom. The quantitative estimate of drug-likeness (QED) is 0.537. The number of esters is 1. The molecule has 0 saturated heterocycles. The Kier molecular flexibility index (Phi) is 6.85. The van der Waals surface area contributed by atoms with E-state index in [1.165, 1.54) is 0 Å². The van der Waals surface area contributed by atoms with Crippen molar-refractivity contribution >= 4 is 27.9 Å². The van der Waals surface area contributed by atoms with Crippen LogP contribution in [0.4, 0.5) is 4.79 Å². The molecule has 1 aromatic carbocycles. The first kappa shape index (κ1) is 18.5. The number of carbonyl (C=O) groups excluding carboxylic acids is 2. The Morgan fingerprint density at radius 1 is 1.29 bits per heavy atom. The van der Waals surface area contributed by atoms with Crippen molar-refractivity contribution in [2.45, 2.75) is 45.6 Å². The van der Waals surface area contributed by atoms with Gasteiger partial charge in [0.05, 0.1) is 18.2 Å². The molecule has 1 aliphatic heterocycles. The third-order valence-electron chi connectivity index (χ3n) is 3.90. The average molecular weight is 395 g/mol. The van der Waals surface area contributed by atoms with Crippen LogP contribution in [0.3, 0.4) is 0 Å². The summed E-state index contributed by atoms with van der Waals surface area (Å²) in [5, 5.41) is 5.45. The second kappa shape index (κ2) is 8.87. The minimum absolute atomic E-state index is 0.322. The lowest BCUT2D eigenvalue weighted by Gasteiger charge is -2.28. The van der Waals surface area contributed by atoms with Gasteiger partial charge < -0.3 is 15.4 Å². The molecule has 130 valence electrons. The van der Waals surface area contributed by atoms with Gasteiger partial charge in [0.15, 0.2) is 0 Å². The zero-order valence-corrected chi connectivity index (χ0v) is 15.6. The van der Waals surface area contributed by atoms with Crippen molar-refractivity contribution in [3.63, 3.8) is 0 Å². The van der Waals surface area contributed by atoms with Crippen LogP contribution in [0.5, 0.6) is 0 Å². The molecule has 5 nitrogen and oxygen atoms in total. The fourth-order valence-electron chi connectivity index (χ4n) is 2.67. The molecular formula is C18H23BrN2O3. The highest BCUT2D eigenvalue weighted by atomic mass is 79.9. The predicted octanol–water partition coefficient (Wildman–Crippen LogP) is 4.20. The fraction of sp³-hybridized carbons (Fsp3) is 0.444. The van der Waals surface area contributed by atoms with Crippen molar-refractivity contribution in [2.24, 2.45) is 0 Å². The Balaban J connectivity index is 2.15. The molecule has 2 amide bonds. The predicted molar refractivity (Wildman–Crippen MR) is 96.4 cm³/mol. The SMILES string of the molecule is CCCCCCOC(=O)C1=C(C)NC(=O)N[C@H]1c1cccc(Br)c1. The van der Waals surface area contributed by atoms with Crippen LogP contribution >= 0.6 is 15.9 Å². The average Bonchev–Trinajstić information content (AvgIpc) is 2.53. The maximum atomic E-state index is 12.5. The van der Waals surface area contributed by atoms with Crippen LogP contribution in [0.1, 0.15) is 51.1 Å². The van der Waals surface area contributed by atoms with Gasteiger partial charge in [0, 0.05) is 10.2 Å². The Bertz CT molecular complexity index is 643. The second-order valence-electron chi connectivity index (χ2n) is 5.82. The Labute approximate surface area is 151 Å². The van der Waals surface area contributed by atoms with E-state index in [1.807, 2.05) is 24.3 Å². The lowest BCUT2D eigenvalue weighted by molar-refractivity contribution is -0.139. The molecule has 0 aromatic heterocycles. The molecule has 1 aromatic rings. The van der Waals surface area contributed by atoms with E-state index in [9.17, 15) is 9.59 Å². The highest BCUT2D eigenvalue weighted by Crippen LogP contribution is 2.29. The van der Waals surface area contributed by atoms with E-state index in [1.54, 1.807) is 6.92 Å². The molecule has 0 spiro atoms.